The van der Waals surface area contributed by atoms with E-state index in [-0.39, 0.29) is 23.8 Å². The van der Waals surface area contributed by atoms with E-state index in [2.05, 4.69) is 39.6 Å². The first-order valence-corrected chi connectivity index (χ1v) is 10.1. The quantitative estimate of drug-likeness (QED) is 0.498. The summed E-state index contributed by atoms with van der Waals surface area (Å²) in [6.07, 6.45) is 0.644. The Morgan fingerprint density at radius 2 is 1.47 bits per heavy atom. The molecular weight excluding hydrogens is 374 g/mol. The van der Waals surface area contributed by atoms with Gasteiger partial charge in [-0.15, -0.1) is 0 Å². The fraction of sp³-hybridized carbons (Fsp3) is 0.160. The molecule has 4 rings (SSSR count). The second kappa shape index (κ2) is 9.18. The van der Waals surface area contributed by atoms with Crippen molar-refractivity contribution in [2.45, 2.75) is 18.8 Å². The number of fused-ring (bicyclic) bond motifs is 1. The minimum absolute atomic E-state index is 0.0670. The zero-order valence-electron chi connectivity index (χ0n) is 16.5. The molecule has 0 aliphatic rings. The number of amides is 1. The fourth-order valence-corrected chi connectivity index (χ4v) is 3.59. The van der Waals surface area contributed by atoms with Gasteiger partial charge in [0.25, 0.3) is 5.56 Å². The average molecular weight is 397 g/mol. The van der Waals surface area contributed by atoms with Crippen LogP contribution in [0.3, 0.4) is 0 Å². The molecule has 0 bridgehead atoms. The molecule has 0 radical (unpaired) electrons. The predicted molar refractivity (Wildman–Crippen MR) is 118 cm³/mol. The Balaban J connectivity index is 1.41. The van der Waals surface area contributed by atoms with E-state index in [0.717, 1.165) is 11.1 Å². The lowest BCUT2D eigenvalue weighted by Crippen LogP contribution is -2.29. The number of hydrogen-bond acceptors (Lipinski definition) is 3. The Hall–Kier alpha value is -3.73. The molecule has 0 aliphatic heterocycles. The van der Waals surface area contributed by atoms with Crippen molar-refractivity contribution in [2.24, 2.45) is 0 Å². The van der Waals surface area contributed by atoms with Crippen molar-refractivity contribution < 1.29 is 4.79 Å². The maximum Gasteiger partial charge on any atom is 0.258 e. The van der Waals surface area contributed by atoms with Gasteiger partial charge >= 0.3 is 0 Å². The van der Waals surface area contributed by atoms with Crippen LogP contribution in [-0.4, -0.2) is 22.4 Å². The van der Waals surface area contributed by atoms with Crippen LogP contribution < -0.4 is 10.9 Å². The first kappa shape index (κ1) is 19.6. The number of rotatable bonds is 7. The van der Waals surface area contributed by atoms with E-state index in [4.69, 9.17) is 0 Å². The van der Waals surface area contributed by atoms with Crippen molar-refractivity contribution in [1.29, 1.82) is 0 Å². The SMILES string of the molecule is O=C(CCc1nc2ccccc2c(=O)[nH]1)NCC(c1ccccc1)c1ccccc1. The molecule has 3 aromatic carbocycles. The molecule has 0 saturated heterocycles. The van der Waals surface area contributed by atoms with Gasteiger partial charge in [0.05, 0.1) is 10.9 Å². The lowest BCUT2D eigenvalue weighted by Gasteiger charge is -2.19. The number of benzene rings is 3. The summed E-state index contributed by atoms with van der Waals surface area (Å²) in [5.41, 5.74) is 2.78. The van der Waals surface area contributed by atoms with Gasteiger partial charge in [-0.1, -0.05) is 72.8 Å². The van der Waals surface area contributed by atoms with Gasteiger partial charge < -0.3 is 10.3 Å². The van der Waals surface area contributed by atoms with E-state index in [0.29, 0.717) is 29.7 Å². The number of carbonyl (C=O) groups is 1. The van der Waals surface area contributed by atoms with Crippen molar-refractivity contribution in [3.05, 3.63) is 112 Å². The first-order valence-electron chi connectivity index (χ1n) is 10.1. The molecule has 5 nitrogen and oxygen atoms in total. The summed E-state index contributed by atoms with van der Waals surface area (Å²) in [5.74, 6) is 0.536. The van der Waals surface area contributed by atoms with Gasteiger partial charge in [-0.25, -0.2) is 4.98 Å². The highest BCUT2D eigenvalue weighted by Crippen LogP contribution is 2.23. The molecule has 0 unspecified atom stereocenters. The third kappa shape index (κ3) is 4.63. The summed E-state index contributed by atoms with van der Waals surface area (Å²) in [4.78, 5) is 31.9. The lowest BCUT2D eigenvalue weighted by atomic mass is 9.91. The Labute approximate surface area is 174 Å². The summed E-state index contributed by atoms with van der Waals surface area (Å²) < 4.78 is 0. The van der Waals surface area contributed by atoms with E-state index in [1.165, 1.54) is 0 Å². The van der Waals surface area contributed by atoms with Crippen LogP contribution in [0.5, 0.6) is 0 Å². The Kier molecular flexibility index (Phi) is 5.99. The van der Waals surface area contributed by atoms with Crippen molar-refractivity contribution in [3.8, 4) is 0 Å². The number of nitrogens with one attached hydrogen (secondary N) is 2. The molecule has 0 aliphatic carbocycles. The van der Waals surface area contributed by atoms with E-state index < -0.39 is 0 Å². The Bertz CT molecular complexity index is 1150. The normalized spacial score (nSPS) is 11.0. The average Bonchev–Trinajstić information content (AvgIpc) is 2.79. The van der Waals surface area contributed by atoms with Gasteiger partial charge in [-0.05, 0) is 23.3 Å². The second-order valence-electron chi connectivity index (χ2n) is 7.21. The molecule has 0 saturated carbocycles. The predicted octanol–water partition coefficient (Wildman–Crippen LogP) is 3.80. The van der Waals surface area contributed by atoms with Crippen LogP contribution in [0.2, 0.25) is 0 Å². The van der Waals surface area contributed by atoms with Gasteiger partial charge in [0.2, 0.25) is 5.91 Å². The maximum atomic E-state index is 12.5. The fourth-order valence-electron chi connectivity index (χ4n) is 3.59. The maximum absolute atomic E-state index is 12.5. The van der Waals surface area contributed by atoms with Crippen molar-refractivity contribution in [2.75, 3.05) is 6.54 Å². The van der Waals surface area contributed by atoms with Gasteiger partial charge in [-0.2, -0.15) is 0 Å². The van der Waals surface area contributed by atoms with Crippen LogP contribution in [0.15, 0.2) is 89.7 Å². The summed E-state index contributed by atoms with van der Waals surface area (Å²) >= 11 is 0. The van der Waals surface area contributed by atoms with Gasteiger partial charge in [0, 0.05) is 25.3 Å². The molecule has 0 atom stereocenters. The van der Waals surface area contributed by atoms with Crippen molar-refractivity contribution in [1.82, 2.24) is 15.3 Å². The van der Waals surface area contributed by atoms with E-state index >= 15 is 0 Å². The summed E-state index contributed by atoms with van der Waals surface area (Å²) in [6.45, 7) is 0.508. The van der Waals surface area contributed by atoms with Gasteiger partial charge in [0.15, 0.2) is 0 Å². The van der Waals surface area contributed by atoms with E-state index in [9.17, 15) is 9.59 Å². The molecule has 150 valence electrons. The van der Waals surface area contributed by atoms with Crippen LogP contribution in [0.1, 0.15) is 29.3 Å². The topological polar surface area (TPSA) is 74.8 Å². The largest absolute Gasteiger partial charge is 0.355 e. The number of carbonyl (C=O) groups excluding carboxylic acids is 1. The van der Waals surface area contributed by atoms with Gasteiger partial charge in [0.1, 0.15) is 5.82 Å². The number of aromatic amines is 1. The molecule has 5 heteroatoms. The highest BCUT2D eigenvalue weighted by Gasteiger charge is 2.15. The molecule has 2 N–H and O–H groups in total. The summed E-state index contributed by atoms with van der Waals surface area (Å²) in [6, 6.07) is 27.5. The van der Waals surface area contributed by atoms with Crippen LogP contribution >= 0.6 is 0 Å². The van der Waals surface area contributed by atoms with Crippen LogP contribution in [0, 0.1) is 0 Å². The number of hydrogen-bond donors (Lipinski definition) is 2. The van der Waals surface area contributed by atoms with Gasteiger partial charge in [-0.3, -0.25) is 9.59 Å². The first-order chi connectivity index (χ1) is 14.7. The Morgan fingerprint density at radius 3 is 2.13 bits per heavy atom. The number of aryl methyl sites for hydroxylation is 1. The van der Waals surface area contributed by atoms with Crippen LogP contribution in [0.4, 0.5) is 0 Å². The molecule has 1 aromatic heterocycles. The third-order valence-corrected chi connectivity index (χ3v) is 5.16. The molecule has 1 heterocycles. The zero-order chi connectivity index (χ0) is 20.8. The highest BCUT2D eigenvalue weighted by atomic mass is 16.1. The number of nitrogens with zero attached hydrogens (tertiary/aromatic N) is 1. The summed E-state index contributed by atoms with van der Waals surface area (Å²) in [5, 5.41) is 3.60. The van der Waals surface area contributed by atoms with Crippen molar-refractivity contribution in [3.63, 3.8) is 0 Å². The Morgan fingerprint density at radius 1 is 0.867 bits per heavy atom. The van der Waals surface area contributed by atoms with E-state index in [1.807, 2.05) is 48.5 Å². The van der Waals surface area contributed by atoms with Crippen LogP contribution in [0.25, 0.3) is 10.9 Å². The zero-order valence-corrected chi connectivity index (χ0v) is 16.5. The summed E-state index contributed by atoms with van der Waals surface area (Å²) in [7, 11) is 0. The lowest BCUT2D eigenvalue weighted by molar-refractivity contribution is -0.121. The molecule has 0 spiro atoms. The standard InChI is InChI=1S/C25H23N3O2/c29-24(16-15-23-27-22-14-8-7-13-20(22)25(30)28-23)26-17-21(18-9-3-1-4-10-18)19-11-5-2-6-12-19/h1-14,21H,15-17H2,(H,26,29)(H,27,28,30). The van der Waals surface area contributed by atoms with Crippen LogP contribution in [-0.2, 0) is 11.2 Å². The molecule has 4 aromatic rings. The molecule has 1 amide bonds. The highest BCUT2D eigenvalue weighted by molar-refractivity contribution is 5.78. The number of H-pyrrole nitrogens is 1. The smallest absolute Gasteiger partial charge is 0.258 e. The third-order valence-electron chi connectivity index (χ3n) is 5.16. The molecular formula is C25H23N3O2. The second-order valence-corrected chi connectivity index (χ2v) is 7.21. The molecule has 0 fully saturated rings. The minimum atomic E-state index is -0.177. The monoisotopic (exact) mass is 397 g/mol. The van der Waals surface area contributed by atoms with E-state index in [1.54, 1.807) is 12.1 Å². The van der Waals surface area contributed by atoms with Crippen molar-refractivity contribution >= 4 is 16.8 Å². The number of para-hydroxylation sites is 1. The number of aromatic nitrogens is 2. The molecule has 30 heavy (non-hydrogen) atoms. The minimum Gasteiger partial charge on any atom is -0.355 e.